The van der Waals surface area contributed by atoms with E-state index in [0.29, 0.717) is 0 Å². The van der Waals surface area contributed by atoms with Crippen molar-refractivity contribution in [2.24, 2.45) is 0 Å². The molecule has 0 unspecified atom stereocenters. The molecule has 1 saturated heterocycles. The number of imide groups is 1. The van der Waals surface area contributed by atoms with Gasteiger partial charge in [0.05, 0.1) is 18.8 Å². The van der Waals surface area contributed by atoms with Crippen LogP contribution < -0.4 is 10.6 Å². The van der Waals surface area contributed by atoms with Crippen LogP contribution in [0.4, 0.5) is 4.79 Å². The summed E-state index contributed by atoms with van der Waals surface area (Å²) >= 11 is 0. The van der Waals surface area contributed by atoms with E-state index in [0.717, 1.165) is 0 Å². The van der Waals surface area contributed by atoms with Crippen molar-refractivity contribution in [3.63, 3.8) is 0 Å². The first kappa shape index (κ1) is 11.9. The van der Waals surface area contributed by atoms with Crippen LogP contribution in [0.15, 0.2) is 0 Å². The molecule has 2 atom stereocenters. The summed E-state index contributed by atoms with van der Waals surface area (Å²) < 4.78 is 0. The Kier molecular flexibility index (Phi) is 4.01. The molecule has 15 heavy (non-hydrogen) atoms. The number of urea groups is 1. The number of nitrogens with one attached hydrogen (secondary N) is 2. The van der Waals surface area contributed by atoms with Gasteiger partial charge in [0.1, 0.15) is 0 Å². The molecule has 0 saturated carbocycles. The molecule has 0 aromatic heterocycles. The number of amides is 3. The lowest BCUT2D eigenvalue weighted by atomic mass is 10.3. The van der Waals surface area contributed by atoms with Crippen LogP contribution in [0.1, 0.15) is 0 Å². The highest BCUT2D eigenvalue weighted by Crippen LogP contribution is 2.08. The van der Waals surface area contributed by atoms with Crippen LogP contribution >= 0.6 is 0 Å². The Hall–Kier alpha value is -1.18. The second-order valence-corrected chi connectivity index (χ2v) is 3.46. The maximum absolute atomic E-state index is 11.2. The quantitative estimate of drug-likeness (QED) is 0.409. The molecule has 4 N–H and O–H groups in total. The highest BCUT2D eigenvalue weighted by Gasteiger charge is 2.30. The minimum Gasteiger partial charge on any atom is -0.389 e. The number of rotatable bonds is 2. The maximum atomic E-state index is 11.2. The number of carbonyl (C=O) groups excluding carboxylic acids is 2. The van der Waals surface area contributed by atoms with E-state index in [1.54, 1.807) is 4.90 Å². The zero-order valence-corrected chi connectivity index (χ0v) is 8.43. The zero-order chi connectivity index (χ0) is 11.4. The van der Waals surface area contributed by atoms with Gasteiger partial charge in [0, 0.05) is 20.1 Å². The van der Waals surface area contributed by atoms with Crippen LogP contribution in [0.2, 0.25) is 0 Å². The summed E-state index contributed by atoms with van der Waals surface area (Å²) in [4.78, 5) is 23.5. The van der Waals surface area contributed by atoms with E-state index in [-0.39, 0.29) is 19.6 Å². The second-order valence-electron chi connectivity index (χ2n) is 3.46. The Morgan fingerprint density at radius 1 is 1.33 bits per heavy atom. The van der Waals surface area contributed by atoms with Crippen LogP contribution in [0.25, 0.3) is 0 Å². The van der Waals surface area contributed by atoms with Crippen molar-refractivity contribution in [1.82, 2.24) is 15.5 Å². The fourth-order valence-electron chi connectivity index (χ4n) is 1.41. The van der Waals surface area contributed by atoms with Crippen LogP contribution in [0, 0.1) is 0 Å². The molecule has 7 nitrogen and oxygen atoms in total. The monoisotopic (exact) mass is 217 g/mol. The minimum absolute atomic E-state index is 0.0124. The third kappa shape index (κ3) is 3.46. The number of aliphatic hydroxyl groups excluding tert-OH is 2. The van der Waals surface area contributed by atoms with Gasteiger partial charge in [-0.15, -0.1) is 0 Å². The molecular weight excluding hydrogens is 202 g/mol. The van der Waals surface area contributed by atoms with E-state index in [4.69, 9.17) is 0 Å². The Labute approximate surface area is 87.1 Å². The van der Waals surface area contributed by atoms with Gasteiger partial charge in [-0.1, -0.05) is 0 Å². The fourth-order valence-corrected chi connectivity index (χ4v) is 1.41. The molecule has 7 heteroatoms. The molecule has 0 spiro atoms. The number of hydrogen-bond acceptors (Lipinski definition) is 5. The van der Waals surface area contributed by atoms with Gasteiger partial charge in [-0.2, -0.15) is 0 Å². The average molecular weight is 217 g/mol. The van der Waals surface area contributed by atoms with Crippen molar-refractivity contribution in [2.75, 3.05) is 26.7 Å². The molecule has 1 aliphatic rings. The summed E-state index contributed by atoms with van der Waals surface area (Å²) in [6, 6.07) is -0.569. The molecule has 0 aromatic carbocycles. The lowest BCUT2D eigenvalue weighted by molar-refractivity contribution is -0.121. The molecule has 3 amide bonds. The van der Waals surface area contributed by atoms with E-state index >= 15 is 0 Å². The van der Waals surface area contributed by atoms with Gasteiger partial charge < -0.3 is 15.5 Å². The summed E-state index contributed by atoms with van der Waals surface area (Å²) in [5, 5.41) is 22.8. The summed E-state index contributed by atoms with van der Waals surface area (Å²) in [5.41, 5.74) is 0. The van der Waals surface area contributed by atoms with E-state index < -0.39 is 24.1 Å². The number of carbonyl (C=O) groups is 2. The first-order valence-electron chi connectivity index (χ1n) is 4.63. The van der Waals surface area contributed by atoms with E-state index in [1.807, 2.05) is 0 Å². The van der Waals surface area contributed by atoms with Gasteiger partial charge in [0.15, 0.2) is 0 Å². The fraction of sp³-hybridized carbons (Fsp3) is 0.750. The molecule has 0 bridgehead atoms. The molecule has 86 valence electrons. The SMILES string of the molecule is CNC(=O)NC(=O)CN1C[C@@H](O)[C@@H](O)C1. The van der Waals surface area contributed by atoms with Gasteiger partial charge >= 0.3 is 6.03 Å². The number of aliphatic hydroxyl groups is 2. The Balaban J connectivity index is 2.30. The molecule has 0 aromatic rings. The average Bonchev–Trinajstić information content (AvgIpc) is 2.45. The van der Waals surface area contributed by atoms with Crippen LogP contribution in [0.5, 0.6) is 0 Å². The topological polar surface area (TPSA) is 102 Å². The smallest absolute Gasteiger partial charge is 0.321 e. The molecule has 1 heterocycles. The van der Waals surface area contributed by atoms with Crippen LogP contribution in [-0.2, 0) is 4.79 Å². The molecule has 1 aliphatic heterocycles. The first-order chi connectivity index (χ1) is 7.02. The number of likely N-dealkylation sites (tertiary alicyclic amines) is 1. The molecule has 0 radical (unpaired) electrons. The standard InChI is InChI=1S/C8H15N3O4/c1-9-8(15)10-7(14)4-11-2-5(12)6(13)3-11/h5-6,12-13H,2-4H2,1H3,(H2,9,10,14,15)/t5-,6+. The predicted molar refractivity (Wildman–Crippen MR) is 51.1 cm³/mol. The zero-order valence-electron chi connectivity index (χ0n) is 8.43. The largest absolute Gasteiger partial charge is 0.389 e. The number of β-amino-alcohol motifs (C(OH)–C–C–N with tert-alkyl or cyclic N) is 2. The second kappa shape index (κ2) is 5.06. The van der Waals surface area contributed by atoms with E-state index in [9.17, 15) is 19.8 Å². The van der Waals surface area contributed by atoms with E-state index in [1.165, 1.54) is 7.05 Å². The third-order valence-electron chi connectivity index (χ3n) is 2.18. The lowest BCUT2D eigenvalue weighted by Crippen LogP contribution is -2.43. The highest BCUT2D eigenvalue weighted by molar-refractivity contribution is 5.95. The van der Waals surface area contributed by atoms with Crippen molar-refractivity contribution in [3.8, 4) is 0 Å². The minimum atomic E-state index is -0.821. The Bertz CT molecular complexity index is 248. The lowest BCUT2D eigenvalue weighted by Gasteiger charge is -2.13. The first-order valence-corrected chi connectivity index (χ1v) is 4.63. The predicted octanol–water partition coefficient (Wildman–Crippen LogP) is -2.52. The highest BCUT2D eigenvalue weighted by atomic mass is 16.3. The maximum Gasteiger partial charge on any atom is 0.321 e. The van der Waals surface area contributed by atoms with Crippen molar-refractivity contribution in [2.45, 2.75) is 12.2 Å². The van der Waals surface area contributed by atoms with Crippen molar-refractivity contribution >= 4 is 11.9 Å². The van der Waals surface area contributed by atoms with Gasteiger partial charge in [-0.3, -0.25) is 15.0 Å². The van der Waals surface area contributed by atoms with Gasteiger partial charge in [0.25, 0.3) is 0 Å². The van der Waals surface area contributed by atoms with Crippen LogP contribution in [0.3, 0.4) is 0 Å². The van der Waals surface area contributed by atoms with Crippen LogP contribution in [-0.4, -0.2) is 65.9 Å². The van der Waals surface area contributed by atoms with Crippen molar-refractivity contribution in [1.29, 1.82) is 0 Å². The summed E-state index contributed by atoms with van der Waals surface area (Å²) in [6.45, 7) is 0.464. The number of hydrogen-bond donors (Lipinski definition) is 4. The van der Waals surface area contributed by atoms with Crippen molar-refractivity contribution in [3.05, 3.63) is 0 Å². The van der Waals surface area contributed by atoms with Crippen molar-refractivity contribution < 1.29 is 19.8 Å². The molecule has 1 fully saturated rings. The summed E-state index contributed by atoms with van der Waals surface area (Å²) in [6.07, 6.45) is -1.64. The molecular formula is C8H15N3O4. The van der Waals surface area contributed by atoms with Gasteiger partial charge in [0.2, 0.25) is 5.91 Å². The van der Waals surface area contributed by atoms with Gasteiger partial charge in [-0.25, -0.2) is 4.79 Å². The summed E-state index contributed by atoms with van der Waals surface area (Å²) in [5.74, 6) is -0.462. The normalized spacial score (nSPS) is 26.3. The Morgan fingerprint density at radius 2 is 1.87 bits per heavy atom. The molecule has 0 aliphatic carbocycles. The third-order valence-corrected chi connectivity index (χ3v) is 2.18. The number of nitrogens with zero attached hydrogens (tertiary/aromatic N) is 1. The Morgan fingerprint density at radius 3 is 2.33 bits per heavy atom. The summed E-state index contributed by atoms with van der Waals surface area (Å²) in [7, 11) is 1.41. The molecule has 1 rings (SSSR count). The van der Waals surface area contributed by atoms with E-state index in [2.05, 4.69) is 10.6 Å². The van der Waals surface area contributed by atoms with Gasteiger partial charge in [-0.05, 0) is 0 Å².